The Hall–Kier alpha value is -2.83. The molecule has 164 valence electrons. The van der Waals surface area contributed by atoms with Crippen LogP contribution in [0.25, 0.3) is 10.9 Å². The summed E-state index contributed by atoms with van der Waals surface area (Å²) in [5.74, 6) is 0.147. The Bertz CT molecular complexity index is 1030. The fraction of sp³-hybridized carbons (Fsp3) is 0.400. The van der Waals surface area contributed by atoms with E-state index in [-0.39, 0.29) is 0 Å². The normalized spacial score (nSPS) is 19.0. The van der Waals surface area contributed by atoms with Gasteiger partial charge in [0.2, 0.25) is 0 Å². The highest BCUT2D eigenvalue weighted by Crippen LogP contribution is 2.32. The molecule has 0 radical (unpaired) electrons. The molecule has 1 atom stereocenters. The fourth-order valence-electron chi connectivity index (χ4n) is 4.78. The van der Waals surface area contributed by atoms with Crippen molar-refractivity contribution in [3.05, 3.63) is 65.4 Å². The first-order valence-corrected chi connectivity index (χ1v) is 10.9. The summed E-state index contributed by atoms with van der Waals surface area (Å²) in [5.41, 5.74) is 4.16. The summed E-state index contributed by atoms with van der Waals surface area (Å²) in [6, 6.07) is 13.4. The minimum Gasteiger partial charge on any atom is -0.496 e. The van der Waals surface area contributed by atoms with E-state index >= 15 is 0 Å². The Kier molecular flexibility index (Phi) is 6.59. The number of piperazine rings is 1. The number of carbonyl (C=O) groups is 1. The maximum atomic E-state index is 10.2. The number of aromatic amines is 1. The number of nitrogens with zero attached hydrogens (tertiary/aromatic N) is 2. The molecule has 3 aromatic rings. The van der Waals surface area contributed by atoms with Crippen LogP contribution in [0.5, 0.6) is 5.75 Å². The van der Waals surface area contributed by atoms with Crippen LogP contribution >= 0.6 is 0 Å². The molecule has 2 aliphatic heterocycles. The standard InChI is InChI=1S/C18H25N3O.C7H6O2/c1-13-10-17(22-2)16(15-5-6-19-18(13)15)12-20-8-9-21-7-3-4-14(21)11-20;8-7(9)6-4-2-1-3-5-6/h5-6,10,14,19H,3-4,7-9,11-12H2,1-2H3;1-5H,(H,8,9). The van der Waals surface area contributed by atoms with Gasteiger partial charge in [-0.25, -0.2) is 4.79 Å². The van der Waals surface area contributed by atoms with Crippen LogP contribution < -0.4 is 4.74 Å². The third-order valence-electron chi connectivity index (χ3n) is 6.41. The van der Waals surface area contributed by atoms with E-state index in [2.05, 4.69) is 33.8 Å². The van der Waals surface area contributed by atoms with E-state index in [4.69, 9.17) is 9.84 Å². The average molecular weight is 422 g/mol. The number of methoxy groups -OCH3 is 1. The van der Waals surface area contributed by atoms with Crippen LogP contribution in [0.3, 0.4) is 0 Å². The van der Waals surface area contributed by atoms with E-state index in [0.717, 1.165) is 18.3 Å². The Morgan fingerprint density at radius 1 is 1.19 bits per heavy atom. The second kappa shape index (κ2) is 9.54. The maximum absolute atomic E-state index is 10.2. The molecule has 2 N–H and O–H groups in total. The summed E-state index contributed by atoms with van der Waals surface area (Å²) >= 11 is 0. The number of aryl methyl sites for hydroxylation is 1. The van der Waals surface area contributed by atoms with Crippen molar-refractivity contribution in [2.45, 2.75) is 32.4 Å². The zero-order valence-electron chi connectivity index (χ0n) is 18.3. The number of ether oxygens (including phenoxy) is 1. The Balaban J connectivity index is 0.000000217. The molecule has 2 aliphatic rings. The van der Waals surface area contributed by atoms with Crippen LogP contribution in [0, 0.1) is 6.92 Å². The van der Waals surface area contributed by atoms with Crippen molar-refractivity contribution in [3.63, 3.8) is 0 Å². The monoisotopic (exact) mass is 421 g/mol. The summed E-state index contributed by atoms with van der Waals surface area (Å²) < 4.78 is 5.68. The molecular weight excluding hydrogens is 390 g/mol. The van der Waals surface area contributed by atoms with Crippen molar-refractivity contribution in [1.29, 1.82) is 0 Å². The lowest BCUT2D eigenvalue weighted by Gasteiger charge is -2.37. The number of rotatable bonds is 4. The van der Waals surface area contributed by atoms with Crippen LogP contribution in [0.15, 0.2) is 48.7 Å². The van der Waals surface area contributed by atoms with Gasteiger partial charge in [0.15, 0.2) is 0 Å². The Morgan fingerprint density at radius 3 is 2.71 bits per heavy atom. The van der Waals surface area contributed by atoms with E-state index in [0.29, 0.717) is 5.56 Å². The van der Waals surface area contributed by atoms with Gasteiger partial charge in [0.25, 0.3) is 0 Å². The molecule has 0 bridgehead atoms. The summed E-state index contributed by atoms with van der Waals surface area (Å²) in [7, 11) is 1.78. The lowest BCUT2D eigenvalue weighted by Crippen LogP contribution is -2.49. The third-order valence-corrected chi connectivity index (χ3v) is 6.41. The van der Waals surface area contributed by atoms with E-state index in [1.54, 1.807) is 37.4 Å². The van der Waals surface area contributed by atoms with Crippen LogP contribution in [-0.2, 0) is 6.54 Å². The van der Waals surface area contributed by atoms with Crippen LogP contribution in [0.2, 0.25) is 0 Å². The number of aromatic nitrogens is 1. The number of benzene rings is 2. The summed E-state index contributed by atoms with van der Waals surface area (Å²) in [6.07, 6.45) is 4.77. The molecule has 2 aromatic carbocycles. The SMILES string of the molecule is COc1cc(C)c2[nH]ccc2c1CN1CCN2CCCC2C1.O=C(O)c1ccccc1. The summed E-state index contributed by atoms with van der Waals surface area (Å²) in [5, 5.41) is 9.70. The van der Waals surface area contributed by atoms with Gasteiger partial charge in [-0.15, -0.1) is 0 Å². The summed E-state index contributed by atoms with van der Waals surface area (Å²) in [4.78, 5) is 18.8. The van der Waals surface area contributed by atoms with Crippen molar-refractivity contribution >= 4 is 16.9 Å². The van der Waals surface area contributed by atoms with Crippen molar-refractivity contribution in [2.75, 3.05) is 33.3 Å². The highest BCUT2D eigenvalue weighted by molar-refractivity contribution is 5.88. The molecule has 31 heavy (non-hydrogen) atoms. The molecule has 2 fully saturated rings. The average Bonchev–Trinajstić information content (AvgIpc) is 3.46. The van der Waals surface area contributed by atoms with Gasteiger partial charge in [0.1, 0.15) is 5.75 Å². The van der Waals surface area contributed by atoms with Gasteiger partial charge in [0, 0.05) is 54.9 Å². The molecular formula is C25H31N3O3. The Labute approximate surface area is 183 Å². The van der Waals surface area contributed by atoms with Crippen molar-refractivity contribution in [2.24, 2.45) is 0 Å². The molecule has 2 saturated heterocycles. The van der Waals surface area contributed by atoms with E-state index in [9.17, 15) is 4.79 Å². The van der Waals surface area contributed by atoms with Crippen molar-refractivity contribution in [1.82, 2.24) is 14.8 Å². The predicted octanol–water partition coefficient (Wildman–Crippen LogP) is 4.15. The van der Waals surface area contributed by atoms with Gasteiger partial charge in [-0.2, -0.15) is 0 Å². The maximum Gasteiger partial charge on any atom is 0.335 e. The predicted molar refractivity (Wildman–Crippen MR) is 123 cm³/mol. The molecule has 1 aromatic heterocycles. The lowest BCUT2D eigenvalue weighted by molar-refractivity contribution is 0.0697. The minimum atomic E-state index is -0.879. The van der Waals surface area contributed by atoms with Crippen molar-refractivity contribution in [3.8, 4) is 5.75 Å². The Morgan fingerprint density at radius 2 is 2.00 bits per heavy atom. The zero-order valence-corrected chi connectivity index (χ0v) is 18.3. The highest BCUT2D eigenvalue weighted by Gasteiger charge is 2.31. The number of H-pyrrole nitrogens is 1. The topological polar surface area (TPSA) is 68.8 Å². The molecule has 3 heterocycles. The highest BCUT2D eigenvalue weighted by atomic mass is 16.5. The number of hydrogen-bond donors (Lipinski definition) is 2. The molecule has 0 spiro atoms. The van der Waals surface area contributed by atoms with Crippen LogP contribution in [-0.4, -0.2) is 65.2 Å². The fourth-order valence-corrected chi connectivity index (χ4v) is 4.78. The van der Waals surface area contributed by atoms with E-state index in [1.807, 2.05) is 6.20 Å². The quantitative estimate of drug-likeness (QED) is 0.662. The van der Waals surface area contributed by atoms with Crippen molar-refractivity contribution < 1.29 is 14.6 Å². The van der Waals surface area contributed by atoms with Crippen LogP contribution in [0.1, 0.15) is 34.3 Å². The molecule has 5 rings (SSSR count). The van der Waals surface area contributed by atoms with E-state index < -0.39 is 5.97 Å². The molecule has 6 heteroatoms. The lowest BCUT2D eigenvalue weighted by atomic mass is 10.0. The van der Waals surface area contributed by atoms with Gasteiger partial charge in [0.05, 0.1) is 12.7 Å². The molecule has 1 unspecified atom stereocenters. The first kappa shape index (κ1) is 21.4. The summed E-state index contributed by atoms with van der Waals surface area (Å²) in [6.45, 7) is 8.01. The smallest absolute Gasteiger partial charge is 0.335 e. The van der Waals surface area contributed by atoms with E-state index in [1.165, 1.54) is 61.1 Å². The van der Waals surface area contributed by atoms with Gasteiger partial charge >= 0.3 is 5.97 Å². The number of nitrogens with one attached hydrogen (secondary N) is 1. The van der Waals surface area contributed by atoms with Gasteiger partial charge < -0.3 is 14.8 Å². The number of aromatic carboxylic acids is 1. The van der Waals surface area contributed by atoms with Gasteiger partial charge in [-0.3, -0.25) is 9.80 Å². The molecule has 0 amide bonds. The largest absolute Gasteiger partial charge is 0.496 e. The zero-order chi connectivity index (χ0) is 21.8. The third kappa shape index (κ3) is 4.75. The van der Waals surface area contributed by atoms with Gasteiger partial charge in [-0.05, 0) is 56.1 Å². The molecule has 0 aliphatic carbocycles. The number of fused-ring (bicyclic) bond motifs is 2. The first-order valence-electron chi connectivity index (χ1n) is 10.9. The molecule has 0 saturated carbocycles. The van der Waals surface area contributed by atoms with Gasteiger partial charge in [-0.1, -0.05) is 18.2 Å². The number of carboxylic acid groups (broad SMARTS) is 1. The second-order valence-corrected chi connectivity index (χ2v) is 8.38. The number of hydrogen-bond acceptors (Lipinski definition) is 4. The number of carboxylic acids is 1. The van der Waals surface area contributed by atoms with Crippen LogP contribution in [0.4, 0.5) is 0 Å². The minimum absolute atomic E-state index is 0.331. The first-order chi connectivity index (χ1) is 15.1. The second-order valence-electron chi connectivity index (χ2n) is 8.38. The molecule has 6 nitrogen and oxygen atoms in total.